The number of anilines is 1. The Morgan fingerprint density at radius 2 is 2.32 bits per heavy atom. The first-order valence-electron chi connectivity index (χ1n) is 6.60. The van der Waals surface area contributed by atoms with Crippen molar-refractivity contribution in [1.82, 2.24) is 4.98 Å². The monoisotopic (exact) mass is 259 g/mol. The van der Waals surface area contributed by atoms with Crippen LogP contribution >= 0.6 is 0 Å². The fraction of sp³-hybridized carbons (Fsp3) is 0.400. The molecular formula is C15H21N3O. The highest BCUT2D eigenvalue weighted by Gasteiger charge is 2.00. The summed E-state index contributed by atoms with van der Waals surface area (Å²) in [7, 11) is 0. The standard InChI is InChI=1S/C15H21N3O/c1-3-10-16-12-13(2)7-6-9-15(19)18-14-8-4-5-11-17-14/h4-5,7-8,11-12H,3,6,9-10H2,1-2H3,(H,17,18,19)/b13-7-,16-12?. The van der Waals surface area contributed by atoms with Crippen LogP contribution in [0.25, 0.3) is 0 Å². The number of aliphatic imine (C=N–C) groups is 1. The van der Waals surface area contributed by atoms with Gasteiger partial charge < -0.3 is 5.32 Å². The molecule has 0 aliphatic carbocycles. The number of nitrogens with one attached hydrogen (secondary N) is 1. The zero-order valence-electron chi connectivity index (χ0n) is 11.6. The fourth-order valence-electron chi connectivity index (χ4n) is 1.46. The molecule has 0 atom stereocenters. The normalized spacial score (nSPS) is 11.8. The Morgan fingerprint density at radius 1 is 1.47 bits per heavy atom. The van der Waals surface area contributed by atoms with Crippen molar-refractivity contribution in [2.24, 2.45) is 4.99 Å². The van der Waals surface area contributed by atoms with Gasteiger partial charge in [-0.2, -0.15) is 0 Å². The summed E-state index contributed by atoms with van der Waals surface area (Å²) in [6.45, 7) is 4.94. The lowest BCUT2D eigenvalue weighted by Gasteiger charge is -2.02. The van der Waals surface area contributed by atoms with Crippen LogP contribution in [0.3, 0.4) is 0 Å². The molecule has 1 heterocycles. The lowest BCUT2D eigenvalue weighted by molar-refractivity contribution is -0.116. The van der Waals surface area contributed by atoms with Gasteiger partial charge >= 0.3 is 0 Å². The largest absolute Gasteiger partial charge is 0.311 e. The van der Waals surface area contributed by atoms with Gasteiger partial charge in [-0.05, 0) is 37.5 Å². The van der Waals surface area contributed by atoms with Crippen LogP contribution < -0.4 is 5.32 Å². The van der Waals surface area contributed by atoms with Crippen LogP contribution in [0.1, 0.15) is 33.1 Å². The molecule has 0 bridgehead atoms. The van der Waals surface area contributed by atoms with E-state index in [1.165, 1.54) is 0 Å². The van der Waals surface area contributed by atoms with Gasteiger partial charge in [0.25, 0.3) is 0 Å². The highest BCUT2D eigenvalue weighted by atomic mass is 16.1. The smallest absolute Gasteiger partial charge is 0.225 e. The van der Waals surface area contributed by atoms with E-state index in [1.54, 1.807) is 12.3 Å². The second-order valence-corrected chi connectivity index (χ2v) is 4.29. The summed E-state index contributed by atoms with van der Waals surface area (Å²) in [6, 6.07) is 5.44. The van der Waals surface area contributed by atoms with Crippen LogP contribution in [0.4, 0.5) is 5.82 Å². The maximum Gasteiger partial charge on any atom is 0.225 e. The quantitative estimate of drug-likeness (QED) is 0.764. The van der Waals surface area contributed by atoms with Gasteiger partial charge in [0.2, 0.25) is 5.91 Å². The van der Waals surface area contributed by atoms with Crippen LogP contribution in [0.2, 0.25) is 0 Å². The van der Waals surface area contributed by atoms with Crippen molar-refractivity contribution in [3.63, 3.8) is 0 Å². The molecule has 0 aliphatic rings. The van der Waals surface area contributed by atoms with Crippen LogP contribution in [0, 0.1) is 0 Å². The highest BCUT2D eigenvalue weighted by molar-refractivity contribution is 5.89. The summed E-state index contributed by atoms with van der Waals surface area (Å²) in [4.78, 5) is 19.9. The van der Waals surface area contributed by atoms with Crippen LogP contribution in [-0.4, -0.2) is 23.7 Å². The Kier molecular flexibility index (Phi) is 7.17. The van der Waals surface area contributed by atoms with E-state index < -0.39 is 0 Å². The Morgan fingerprint density at radius 3 is 3.00 bits per heavy atom. The van der Waals surface area contributed by atoms with Crippen molar-refractivity contribution in [2.75, 3.05) is 11.9 Å². The molecule has 1 aromatic rings. The van der Waals surface area contributed by atoms with Gasteiger partial charge in [0.05, 0.1) is 0 Å². The predicted octanol–water partition coefficient (Wildman–Crippen LogP) is 3.23. The van der Waals surface area contributed by atoms with Crippen LogP contribution in [0.5, 0.6) is 0 Å². The molecule has 4 heteroatoms. The summed E-state index contributed by atoms with van der Waals surface area (Å²) in [5.74, 6) is 0.575. The fourth-order valence-corrected chi connectivity index (χ4v) is 1.46. The maximum atomic E-state index is 11.6. The zero-order valence-corrected chi connectivity index (χ0v) is 11.6. The molecule has 19 heavy (non-hydrogen) atoms. The second kappa shape index (κ2) is 9.03. The van der Waals surface area contributed by atoms with Crippen molar-refractivity contribution in [3.8, 4) is 0 Å². The van der Waals surface area contributed by atoms with E-state index in [4.69, 9.17) is 0 Å². The van der Waals surface area contributed by atoms with Crippen molar-refractivity contribution in [1.29, 1.82) is 0 Å². The van der Waals surface area contributed by atoms with Gasteiger partial charge in [0.1, 0.15) is 5.82 Å². The van der Waals surface area contributed by atoms with Gasteiger partial charge in [-0.3, -0.25) is 9.79 Å². The van der Waals surface area contributed by atoms with E-state index in [9.17, 15) is 4.79 Å². The average Bonchev–Trinajstić information content (AvgIpc) is 2.40. The molecule has 0 fully saturated rings. The molecule has 0 spiro atoms. The van der Waals surface area contributed by atoms with E-state index in [2.05, 4.69) is 22.2 Å². The molecule has 1 rings (SSSR count). The third-order valence-electron chi connectivity index (χ3n) is 2.42. The minimum absolute atomic E-state index is 0.0201. The SMILES string of the molecule is CCCN=C/C(C)=C\CCC(=O)Nc1ccccn1. The first-order chi connectivity index (χ1) is 9.22. The number of aromatic nitrogens is 1. The Balaban J connectivity index is 2.29. The predicted molar refractivity (Wildman–Crippen MR) is 79.5 cm³/mol. The Labute approximate surface area is 114 Å². The van der Waals surface area contributed by atoms with E-state index >= 15 is 0 Å². The molecule has 1 aromatic heterocycles. The number of amides is 1. The molecule has 0 aromatic carbocycles. The second-order valence-electron chi connectivity index (χ2n) is 4.29. The number of hydrogen-bond acceptors (Lipinski definition) is 3. The summed E-state index contributed by atoms with van der Waals surface area (Å²) < 4.78 is 0. The average molecular weight is 259 g/mol. The minimum Gasteiger partial charge on any atom is -0.311 e. The molecular weight excluding hydrogens is 238 g/mol. The van der Waals surface area contributed by atoms with E-state index in [1.807, 2.05) is 31.3 Å². The van der Waals surface area contributed by atoms with Crippen molar-refractivity contribution >= 4 is 17.9 Å². The number of pyridine rings is 1. The van der Waals surface area contributed by atoms with Crippen LogP contribution in [0.15, 0.2) is 41.0 Å². The lowest BCUT2D eigenvalue weighted by atomic mass is 10.2. The number of nitrogens with zero attached hydrogens (tertiary/aromatic N) is 2. The van der Waals surface area contributed by atoms with Gasteiger partial charge in [-0.1, -0.05) is 19.1 Å². The highest BCUT2D eigenvalue weighted by Crippen LogP contribution is 2.03. The van der Waals surface area contributed by atoms with Gasteiger partial charge in [0, 0.05) is 25.4 Å². The number of carbonyl (C=O) groups excluding carboxylic acids is 1. The summed E-state index contributed by atoms with van der Waals surface area (Å²) in [5.41, 5.74) is 1.10. The Bertz CT molecular complexity index is 438. The molecule has 0 unspecified atom stereocenters. The molecule has 0 saturated heterocycles. The number of hydrogen-bond donors (Lipinski definition) is 1. The maximum absolute atomic E-state index is 11.6. The van der Waals surface area contributed by atoms with Crippen molar-refractivity contribution in [3.05, 3.63) is 36.0 Å². The van der Waals surface area contributed by atoms with Crippen molar-refractivity contribution < 1.29 is 4.79 Å². The summed E-state index contributed by atoms with van der Waals surface area (Å²) in [6.07, 6.45) is 7.76. The minimum atomic E-state index is -0.0201. The summed E-state index contributed by atoms with van der Waals surface area (Å²) >= 11 is 0. The number of allylic oxidation sites excluding steroid dienone is 2. The molecule has 0 aliphatic heterocycles. The summed E-state index contributed by atoms with van der Waals surface area (Å²) in [5, 5.41) is 2.75. The molecule has 1 amide bonds. The number of rotatable bonds is 7. The third-order valence-corrected chi connectivity index (χ3v) is 2.42. The van der Waals surface area contributed by atoms with E-state index in [0.717, 1.165) is 18.5 Å². The number of carbonyl (C=O) groups is 1. The lowest BCUT2D eigenvalue weighted by Crippen LogP contribution is -2.11. The third kappa shape index (κ3) is 7.13. The van der Waals surface area contributed by atoms with E-state index in [-0.39, 0.29) is 5.91 Å². The van der Waals surface area contributed by atoms with Crippen LogP contribution in [-0.2, 0) is 4.79 Å². The zero-order chi connectivity index (χ0) is 13.9. The van der Waals surface area contributed by atoms with Crippen molar-refractivity contribution in [2.45, 2.75) is 33.1 Å². The van der Waals surface area contributed by atoms with Gasteiger partial charge in [0.15, 0.2) is 0 Å². The first-order valence-corrected chi connectivity index (χ1v) is 6.60. The van der Waals surface area contributed by atoms with Gasteiger partial charge in [-0.25, -0.2) is 4.98 Å². The molecule has 102 valence electrons. The van der Waals surface area contributed by atoms with E-state index in [0.29, 0.717) is 18.7 Å². The molecule has 1 N–H and O–H groups in total. The Hall–Kier alpha value is -1.97. The topological polar surface area (TPSA) is 54.4 Å². The molecule has 0 saturated carbocycles. The molecule has 4 nitrogen and oxygen atoms in total. The molecule has 0 radical (unpaired) electrons. The van der Waals surface area contributed by atoms with Gasteiger partial charge in [-0.15, -0.1) is 0 Å². The first kappa shape index (κ1) is 15.1.